The Labute approximate surface area is 117 Å². The van der Waals surface area contributed by atoms with Crippen molar-refractivity contribution in [2.45, 2.75) is 19.9 Å². The molecule has 20 heavy (non-hydrogen) atoms. The van der Waals surface area contributed by atoms with Gasteiger partial charge in [0.25, 0.3) is 0 Å². The van der Waals surface area contributed by atoms with E-state index in [4.69, 9.17) is 0 Å². The van der Waals surface area contributed by atoms with Crippen molar-refractivity contribution in [1.29, 1.82) is 0 Å². The van der Waals surface area contributed by atoms with E-state index in [0.29, 0.717) is 5.56 Å². The van der Waals surface area contributed by atoms with Gasteiger partial charge in [0.15, 0.2) is 6.04 Å². The fourth-order valence-electron chi connectivity index (χ4n) is 1.94. The van der Waals surface area contributed by atoms with Gasteiger partial charge in [0.1, 0.15) is 5.82 Å². The quantitative estimate of drug-likeness (QED) is 0.893. The fraction of sp³-hybridized carbons (Fsp3) is 0.188. The van der Waals surface area contributed by atoms with Crippen LogP contribution in [0.2, 0.25) is 0 Å². The van der Waals surface area contributed by atoms with E-state index in [1.807, 2.05) is 32.0 Å². The molecule has 0 bridgehead atoms. The Balaban J connectivity index is 2.27. The minimum Gasteiger partial charge on any atom is -0.479 e. The standard InChI is InChI=1S/C16H16FNO2/c1-10-3-8-14(9-11(10)2)18-15(16(19)20)12-4-6-13(17)7-5-12/h3-9,15,18H,1-2H3,(H,19,20). The van der Waals surface area contributed by atoms with Gasteiger partial charge in [-0.2, -0.15) is 0 Å². The summed E-state index contributed by atoms with van der Waals surface area (Å²) in [5.74, 6) is -1.39. The summed E-state index contributed by atoms with van der Waals surface area (Å²) in [6.45, 7) is 3.96. The minimum atomic E-state index is -1.00. The molecule has 0 heterocycles. The van der Waals surface area contributed by atoms with E-state index < -0.39 is 12.0 Å². The third-order valence-electron chi connectivity index (χ3n) is 3.27. The Morgan fingerprint density at radius 1 is 1.10 bits per heavy atom. The Kier molecular flexibility index (Phi) is 4.03. The van der Waals surface area contributed by atoms with E-state index in [0.717, 1.165) is 16.8 Å². The number of aryl methyl sites for hydroxylation is 2. The van der Waals surface area contributed by atoms with Crippen LogP contribution in [-0.2, 0) is 4.79 Å². The van der Waals surface area contributed by atoms with Gasteiger partial charge >= 0.3 is 5.97 Å². The third kappa shape index (κ3) is 3.15. The molecule has 0 radical (unpaired) electrons. The van der Waals surface area contributed by atoms with Crippen LogP contribution in [-0.4, -0.2) is 11.1 Å². The Morgan fingerprint density at radius 3 is 2.30 bits per heavy atom. The highest BCUT2D eigenvalue weighted by Crippen LogP contribution is 2.22. The maximum Gasteiger partial charge on any atom is 0.330 e. The van der Waals surface area contributed by atoms with Crippen LogP contribution in [0, 0.1) is 19.7 Å². The largest absolute Gasteiger partial charge is 0.479 e. The lowest BCUT2D eigenvalue weighted by Crippen LogP contribution is -2.20. The van der Waals surface area contributed by atoms with Crippen LogP contribution >= 0.6 is 0 Å². The first-order chi connectivity index (χ1) is 9.47. The Hall–Kier alpha value is -2.36. The zero-order valence-electron chi connectivity index (χ0n) is 11.4. The van der Waals surface area contributed by atoms with Crippen molar-refractivity contribution >= 4 is 11.7 Å². The second-order valence-corrected chi connectivity index (χ2v) is 4.77. The topological polar surface area (TPSA) is 49.3 Å². The molecule has 2 aromatic rings. The number of benzene rings is 2. The van der Waals surface area contributed by atoms with Gasteiger partial charge in [-0.1, -0.05) is 18.2 Å². The first kappa shape index (κ1) is 14.1. The second-order valence-electron chi connectivity index (χ2n) is 4.77. The molecule has 2 rings (SSSR count). The molecular formula is C16H16FNO2. The molecule has 0 amide bonds. The molecule has 0 aromatic heterocycles. The number of carbonyl (C=O) groups is 1. The molecule has 0 saturated heterocycles. The molecule has 0 aliphatic carbocycles. The van der Waals surface area contributed by atoms with Crippen molar-refractivity contribution in [3.8, 4) is 0 Å². The van der Waals surface area contributed by atoms with E-state index in [9.17, 15) is 14.3 Å². The molecule has 4 heteroatoms. The molecule has 3 nitrogen and oxygen atoms in total. The summed E-state index contributed by atoms with van der Waals surface area (Å²) in [6, 6.07) is 10.2. The molecule has 0 spiro atoms. The van der Waals surface area contributed by atoms with E-state index >= 15 is 0 Å². The van der Waals surface area contributed by atoms with Crippen molar-refractivity contribution in [3.05, 3.63) is 65.0 Å². The van der Waals surface area contributed by atoms with Crippen molar-refractivity contribution in [3.63, 3.8) is 0 Å². The normalized spacial score (nSPS) is 11.9. The smallest absolute Gasteiger partial charge is 0.330 e. The molecule has 2 aromatic carbocycles. The highest BCUT2D eigenvalue weighted by Gasteiger charge is 2.19. The molecule has 0 saturated carbocycles. The number of hydrogen-bond donors (Lipinski definition) is 2. The summed E-state index contributed by atoms with van der Waals surface area (Å²) in [4.78, 5) is 11.4. The molecule has 0 aliphatic heterocycles. The summed E-state index contributed by atoms with van der Waals surface area (Å²) in [6.07, 6.45) is 0. The lowest BCUT2D eigenvalue weighted by molar-refractivity contribution is -0.138. The number of carboxylic acid groups (broad SMARTS) is 1. The lowest BCUT2D eigenvalue weighted by atomic mass is 10.1. The van der Waals surface area contributed by atoms with Crippen molar-refractivity contribution in [2.24, 2.45) is 0 Å². The first-order valence-corrected chi connectivity index (χ1v) is 6.29. The van der Waals surface area contributed by atoms with Gasteiger partial charge in [-0.25, -0.2) is 9.18 Å². The van der Waals surface area contributed by atoms with Gasteiger partial charge in [0, 0.05) is 5.69 Å². The average Bonchev–Trinajstić information content (AvgIpc) is 2.41. The van der Waals surface area contributed by atoms with Gasteiger partial charge < -0.3 is 10.4 Å². The van der Waals surface area contributed by atoms with Crippen LogP contribution < -0.4 is 5.32 Å². The maximum absolute atomic E-state index is 12.9. The predicted octanol–water partition coefficient (Wildman–Crippen LogP) is 3.68. The highest BCUT2D eigenvalue weighted by atomic mass is 19.1. The fourth-order valence-corrected chi connectivity index (χ4v) is 1.94. The van der Waals surface area contributed by atoms with Crippen LogP contribution in [0.1, 0.15) is 22.7 Å². The van der Waals surface area contributed by atoms with E-state index in [1.54, 1.807) is 0 Å². The maximum atomic E-state index is 12.9. The summed E-state index contributed by atoms with van der Waals surface area (Å²) in [5.41, 5.74) is 3.46. The van der Waals surface area contributed by atoms with Gasteiger partial charge in [0.2, 0.25) is 0 Å². The van der Waals surface area contributed by atoms with Crippen LogP contribution in [0.15, 0.2) is 42.5 Å². The molecule has 0 aliphatic rings. The van der Waals surface area contributed by atoms with Crippen molar-refractivity contribution < 1.29 is 14.3 Å². The zero-order valence-corrected chi connectivity index (χ0v) is 11.4. The zero-order chi connectivity index (χ0) is 14.7. The molecule has 1 atom stereocenters. The number of rotatable bonds is 4. The monoisotopic (exact) mass is 273 g/mol. The Morgan fingerprint density at radius 2 is 1.75 bits per heavy atom. The SMILES string of the molecule is Cc1ccc(NC(C(=O)O)c2ccc(F)cc2)cc1C. The Bertz CT molecular complexity index is 623. The number of aliphatic carboxylic acids is 1. The van der Waals surface area contributed by atoms with E-state index in [-0.39, 0.29) is 5.82 Å². The molecule has 104 valence electrons. The van der Waals surface area contributed by atoms with Gasteiger partial charge in [-0.3, -0.25) is 0 Å². The van der Waals surface area contributed by atoms with Crippen LogP contribution in [0.3, 0.4) is 0 Å². The summed E-state index contributed by atoms with van der Waals surface area (Å²) < 4.78 is 12.9. The first-order valence-electron chi connectivity index (χ1n) is 6.29. The molecule has 1 unspecified atom stereocenters. The van der Waals surface area contributed by atoms with E-state index in [2.05, 4.69) is 5.32 Å². The van der Waals surface area contributed by atoms with Crippen LogP contribution in [0.4, 0.5) is 10.1 Å². The molecular weight excluding hydrogens is 257 g/mol. The van der Waals surface area contributed by atoms with Gasteiger partial charge in [-0.05, 0) is 54.8 Å². The minimum absolute atomic E-state index is 0.385. The van der Waals surface area contributed by atoms with Gasteiger partial charge in [-0.15, -0.1) is 0 Å². The number of anilines is 1. The summed E-state index contributed by atoms with van der Waals surface area (Å²) in [7, 11) is 0. The number of nitrogens with one attached hydrogen (secondary N) is 1. The van der Waals surface area contributed by atoms with Gasteiger partial charge in [0.05, 0.1) is 0 Å². The number of carboxylic acids is 1. The summed E-state index contributed by atoms with van der Waals surface area (Å²) >= 11 is 0. The third-order valence-corrected chi connectivity index (χ3v) is 3.27. The average molecular weight is 273 g/mol. The van der Waals surface area contributed by atoms with Crippen molar-refractivity contribution in [2.75, 3.05) is 5.32 Å². The highest BCUT2D eigenvalue weighted by molar-refractivity contribution is 5.79. The number of halogens is 1. The predicted molar refractivity (Wildman–Crippen MR) is 76.3 cm³/mol. The van der Waals surface area contributed by atoms with Crippen LogP contribution in [0.5, 0.6) is 0 Å². The summed E-state index contributed by atoms with van der Waals surface area (Å²) in [5, 5.41) is 12.3. The second kappa shape index (κ2) is 5.74. The lowest BCUT2D eigenvalue weighted by Gasteiger charge is -2.17. The molecule has 0 fully saturated rings. The molecule has 2 N–H and O–H groups in total. The number of hydrogen-bond acceptors (Lipinski definition) is 2. The van der Waals surface area contributed by atoms with Crippen molar-refractivity contribution in [1.82, 2.24) is 0 Å². The van der Waals surface area contributed by atoms with Crippen LogP contribution in [0.25, 0.3) is 0 Å². The van der Waals surface area contributed by atoms with E-state index in [1.165, 1.54) is 24.3 Å².